The summed E-state index contributed by atoms with van der Waals surface area (Å²) < 4.78 is 23.4. The zero-order valence-corrected chi connectivity index (χ0v) is 16.8. The molecule has 6 nitrogen and oxygen atoms in total. The minimum Gasteiger partial charge on any atom is -0.382 e. The van der Waals surface area contributed by atoms with Crippen molar-refractivity contribution in [3.05, 3.63) is 71.3 Å². The fourth-order valence-electron chi connectivity index (χ4n) is 3.45. The quantitative estimate of drug-likeness (QED) is 0.546. The number of benzene rings is 2. The maximum absolute atomic E-state index is 12.5. The molecule has 0 saturated heterocycles. The van der Waals surface area contributed by atoms with Crippen molar-refractivity contribution in [2.24, 2.45) is 5.14 Å². The molecule has 0 bridgehead atoms. The van der Waals surface area contributed by atoms with E-state index in [0.29, 0.717) is 11.4 Å². The summed E-state index contributed by atoms with van der Waals surface area (Å²) in [5, 5.41) is 12.5. The van der Waals surface area contributed by atoms with Gasteiger partial charge in [-0.15, -0.1) is 11.6 Å². The third-order valence-corrected chi connectivity index (χ3v) is 7.66. The summed E-state index contributed by atoms with van der Waals surface area (Å²) in [7, 11) is -4.10. The first-order valence-corrected chi connectivity index (χ1v) is 10.7. The number of allylic oxidation sites excluding steroid dienone is 3. The van der Waals surface area contributed by atoms with E-state index in [2.05, 4.69) is 10.2 Å². The second kappa shape index (κ2) is 6.63. The van der Waals surface area contributed by atoms with Gasteiger partial charge in [-0.1, -0.05) is 54.1 Å². The molecule has 0 spiro atoms. The van der Waals surface area contributed by atoms with E-state index < -0.39 is 20.1 Å². The van der Waals surface area contributed by atoms with Gasteiger partial charge in [0.1, 0.15) is 0 Å². The van der Waals surface area contributed by atoms with Gasteiger partial charge in [0, 0.05) is 10.4 Å². The number of aromatic nitrogens is 2. The molecule has 1 aliphatic rings. The van der Waals surface area contributed by atoms with Crippen molar-refractivity contribution in [2.75, 3.05) is 5.73 Å². The normalized spacial score (nSPS) is 22.4. The van der Waals surface area contributed by atoms with Crippen LogP contribution in [-0.4, -0.2) is 24.0 Å². The number of hydrogen-bond acceptors (Lipinski definition) is 4. The van der Waals surface area contributed by atoms with Crippen LogP contribution in [0.25, 0.3) is 22.0 Å². The van der Waals surface area contributed by atoms with Crippen molar-refractivity contribution in [1.29, 1.82) is 0 Å². The average molecular weight is 435 g/mol. The van der Waals surface area contributed by atoms with Gasteiger partial charge in [-0.25, -0.2) is 13.6 Å². The number of alkyl halides is 1. The Morgan fingerprint density at radius 3 is 2.46 bits per heavy atom. The molecular formula is C19H16Cl2N4O2S. The molecule has 144 valence electrons. The van der Waals surface area contributed by atoms with Gasteiger partial charge in [0.05, 0.1) is 10.9 Å². The van der Waals surface area contributed by atoms with Crippen molar-refractivity contribution in [2.45, 2.75) is 10.1 Å². The van der Waals surface area contributed by atoms with E-state index in [0.717, 1.165) is 22.0 Å². The van der Waals surface area contributed by atoms with Gasteiger partial charge in [0.2, 0.25) is 10.0 Å². The van der Waals surface area contributed by atoms with Gasteiger partial charge in [0.25, 0.3) is 0 Å². The Kier molecular flexibility index (Phi) is 4.50. The lowest BCUT2D eigenvalue weighted by atomic mass is 9.89. The number of nitrogens with two attached hydrogens (primary N) is 2. The van der Waals surface area contributed by atoms with Gasteiger partial charge in [-0.2, -0.15) is 5.10 Å². The molecule has 9 heteroatoms. The highest BCUT2D eigenvalue weighted by Gasteiger charge is 2.49. The van der Waals surface area contributed by atoms with E-state index in [9.17, 15) is 8.42 Å². The maximum Gasteiger partial charge on any atom is 0.224 e. The van der Waals surface area contributed by atoms with E-state index in [-0.39, 0.29) is 5.03 Å². The maximum atomic E-state index is 12.5. The smallest absolute Gasteiger partial charge is 0.224 e. The number of H-pyrrole nitrogens is 1. The minimum absolute atomic E-state index is 0.213. The summed E-state index contributed by atoms with van der Waals surface area (Å²) in [6.45, 7) is 0. The summed E-state index contributed by atoms with van der Waals surface area (Å²) in [6, 6.07) is 12.7. The van der Waals surface area contributed by atoms with Crippen molar-refractivity contribution in [3.63, 3.8) is 0 Å². The van der Waals surface area contributed by atoms with Crippen LogP contribution in [0.1, 0.15) is 5.56 Å². The highest BCUT2D eigenvalue weighted by Crippen LogP contribution is 2.44. The fraction of sp³-hybridized carbons (Fsp3) is 0.105. The largest absolute Gasteiger partial charge is 0.382 e. The van der Waals surface area contributed by atoms with E-state index in [1.807, 2.05) is 30.3 Å². The molecule has 4 rings (SSSR count). The Morgan fingerprint density at radius 2 is 1.79 bits per heavy atom. The molecule has 2 unspecified atom stereocenters. The number of sulfonamides is 1. The molecule has 3 aromatic rings. The summed E-state index contributed by atoms with van der Waals surface area (Å²) in [5.41, 5.74) is 8.86. The number of nitrogens with zero attached hydrogens (tertiary/aromatic N) is 1. The summed E-state index contributed by atoms with van der Waals surface area (Å²) >= 11 is 12.5. The summed E-state index contributed by atoms with van der Waals surface area (Å²) in [4.78, 5) is 0. The molecule has 0 aliphatic heterocycles. The topological polar surface area (TPSA) is 115 Å². The highest BCUT2D eigenvalue weighted by molar-refractivity contribution is 7.90. The monoisotopic (exact) mass is 434 g/mol. The van der Waals surface area contributed by atoms with Gasteiger partial charge in [-0.05, 0) is 34.9 Å². The average Bonchev–Trinajstić information content (AvgIpc) is 3.04. The molecule has 0 fully saturated rings. The number of nitrogens with one attached hydrogen (secondary N) is 1. The van der Waals surface area contributed by atoms with E-state index in [1.54, 1.807) is 24.3 Å². The number of nitrogen functional groups attached to an aromatic ring is 1. The molecule has 0 amide bonds. The summed E-state index contributed by atoms with van der Waals surface area (Å²) in [6.07, 6.45) is 4.58. The Morgan fingerprint density at radius 1 is 1.11 bits per heavy atom. The van der Waals surface area contributed by atoms with Crippen molar-refractivity contribution in [1.82, 2.24) is 10.2 Å². The van der Waals surface area contributed by atoms with Crippen LogP contribution in [-0.2, 0) is 14.8 Å². The standard InChI is InChI=1S/C19H16Cl2N4O2S/c20-15-2-1-9-19(17(15)21,28(23,26)27)13-6-3-11(4-7-13)12-5-8-14-16(10-12)24-25-18(14)22/h1-10,17H,(H3,22,24,25)(H2,23,26,27). The first-order chi connectivity index (χ1) is 13.2. The Balaban J connectivity index is 1.79. The number of halogens is 2. The molecule has 2 aromatic carbocycles. The predicted molar refractivity (Wildman–Crippen MR) is 113 cm³/mol. The van der Waals surface area contributed by atoms with Gasteiger partial charge in [-0.3, -0.25) is 5.10 Å². The van der Waals surface area contributed by atoms with Gasteiger partial charge < -0.3 is 5.73 Å². The van der Waals surface area contributed by atoms with Crippen LogP contribution in [0.15, 0.2) is 65.7 Å². The first kappa shape index (κ1) is 19.0. The molecule has 1 heterocycles. The number of primary sulfonamides is 1. The molecule has 5 N–H and O–H groups in total. The third kappa shape index (κ3) is 2.82. The predicted octanol–water partition coefficient (Wildman–Crippen LogP) is 3.60. The van der Waals surface area contributed by atoms with Crippen LogP contribution in [0.4, 0.5) is 5.82 Å². The van der Waals surface area contributed by atoms with Crippen LogP contribution < -0.4 is 10.9 Å². The summed E-state index contributed by atoms with van der Waals surface area (Å²) in [5.74, 6) is 0.439. The number of anilines is 1. The third-order valence-electron chi connectivity index (χ3n) is 4.95. The fourth-order valence-corrected chi connectivity index (χ4v) is 5.55. The van der Waals surface area contributed by atoms with Gasteiger partial charge >= 0.3 is 0 Å². The SMILES string of the molecule is Nc1n[nH]c2cc(-c3ccc(C4(S(N)(=O)=O)C=CC=C(Cl)C4Cl)cc3)ccc12. The number of fused-ring (bicyclic) bond motifs is 1. The second-order valence-electron chi connectivity index (χ2n) is 6.56. The van der Waals surface area contributed by atoms with Crippen molar-refractivity contribution in [3.8, 4) is 11.1 Å². The second-order valence-corrected chi connectivity index (χ2v) is 9.20. The lowest BCUT2D eigenvalue weighted by Gasteiger charge is -2.35. The van der Waals surface area contributed by atoms with E-state index in [1.165, 1.54) is 6.08 Å². The Bertz CT molecular complexity index is 1230. The minimum atomic E-state index is -4.10. The molecule has 1 aliphatic carbocycles. The lowest BCUT2D eigenvalue weighted by molar-refractivity contribution is 0.560. The molecule has 28 heavy (non-hydrogen) atoms. The highest BCUT2D eigenvalue weighted by atomic mass is 35.5. The van der Waals surface area contributed by atoms with Crippen molar-refractivity contribution < 1.29 is 8.42 Å². The number of hydrogen-bond donors (Lipinski definition) is 3. The van der Waals surface area contributed by atoms with E-state index in [4.69, 9.17) is 34.1 Å². The van der Waals surface area contributed by atoms with Crippen LogP contribution in [0, 0.1) is 0 Å². The molecular weight excluding hydrogens is 419 g/mol. The molecule has 0 saturated carbocycles. The molecule has 1 aromatic heterocycles. The van der Waals surface area contributed by atoms with Crippen molar-refractivity contribution >= 4 is 49.9 Å². The molecule has 0 radical (unpaired) electrons. The first-order valence-electron chi connectivity index (χ1n) is 8.30. The Labute approximate surface area is 171 Å². The van der Waals surface area contributed by atoms with Gasteiger partial charge in [0.15, 0.2) is 10.6 Å². The molecule has 2 atom stereocenters. The van der Waals surface area contributed by atoms with Crippen LogP contribution in [0.2, 0.25) is 0 Å². The van der Waals surface area contributed by atoms with E-state index >= 15 is 0 Å². The zero-order valence-electron chi connectivity index (χ0n) is 14.4. The van der Waals surface area contributed by atoms with Crippen LogP contribution in [0.3, 0.4) is 0 Å². The number of aromatic amines is 1. The lowest BCUT2D eigenvalue weighted by Crippen LogP contribution is -2.47. The Hall–Kier alpha value is -2.32. The number of rotatable bonds is 3. The van der Waals surface area contributed by atoms with Crippen LogP contribution >= 0.6 is 23.2 Å². The van der Waals surface area contributed by atoms with Crippen LogP contribution in [0.5, 0.6) is 0 Å². The zero-order chi connectivity index (χ0) is 20.1.